The molecule has 1 amide bonds. The first-order chi connectivity index (χ1) is 6.95. The van der Waals surface area contributed by atoms with E-state index in [1.165, 1.54) is 23.6 Å². The van der Waals surface area contributed by atoms with Gasteiger partial charge in [0.15, 0.2) is 0 Å². The number of hydrogen-bond donors (Lipinski definition) is 1. The van der Waals surface area contributed by atoms with Crippen LogP contribution in [0.3, 0.4) is 0 Å². The predicted molar refractivity (Wildman–Crippen MR) is 59.3 cm³/mol. The lowest BCUT2D eigenvalue weighted by Gasteiger charge is -2.31. The summed E-state index contributed by atoms with van der Waals surface area (Å²) < 4.78 is 0. The lowest BCUT2D eigenvalue weighted by Crippen LogP contribution is -2.46. The van der Waals surface area contributed by atoms with E-state index in [-0.39, 0.29) is 17.1 Å². The number of hydrogen-bond acceptors (Lipinski definition) is 3. The number of carboxylic acids is 1. The standard InChI is InChI=1S/C10H15NO3S/c1-6(2)8-9(12)11(4-5-15-8)7(3)10(13)14/h4-8H,1-3H3,(H,13,14). The van der Waals surface area contributed by atoms with E-state index in [1.54, 1.807) is 11.6 Å². The third kappa shape index (κ3) is 2.53. The summed E-state index contributed by atoms with van der Waals surface area (Å²) in [4.78, 5) is 24.0. The van der Waals surface area contributed by atoms with Crippen LogP contribution in [0.25, 0.3) is 0 Å². The molecule has 0 radical (unpaired) electrons. The Morgan fingerprint density at radius 1 is 1.53 bits per heavy atom. The normalized spacial score (nSPS) is 23.3. The number of rotatable bonds is 3. The summed E-state index contributed by atoms with van der Waals surface area (Å²) in [6.07, 6.45) is 1.55. The van der Waals surface area contributed by atoms with Gasteiger partial charge in [-0.05, 0) is 18.2 Å². The maximum atomic E-state index is 11.9. The highest BCUT2D eigenvalue weighted by molar-refractivity contribution is 8.03. The van der Waals surface area contributed by atoms with Crippen molar-refractivity contribution in [2.45, 2.75) is 32.1 Å². The highest BCUT2D eigenvalue weighted by Crippen LogP contribution is 2.28. The number of thioether (sulfide) groups is 1. The lowest BCUT2D eigenvalue weighted by molar-refractivity contribution is -0.147. The molecule has 0 fully saturated rings. The fraction of sp³-hybridized carbons (Fsp3) is 0.600. The zero-order valence-corrected chi connectivity index (χ0v) is 9.82. The molecule has 0 bridgehead atoms. The van der Waals surface area contributed by atoms with Crippen molar-refractivity contribution >= 4 is 23.6 Å². The van der Waals surface area contributed by atoms with Crippen LogP contribution in [0.15, 0.2) is 11.6 Å². The van der Waals surface area contributed by atoms with Crippen molar-refractivity contribution < 1.29 is 14.7 Å². The third-order valence-electron chi connectivity index (χ3n) is 2.32. The summed E-state index contributed by atoms with van der Waals surface area (Å²) in [5, 5.41) is 10.5. The topological polar surface area (TPSA) is 57.6 Å². The van der Waals surface area contributed by atoms with Gasteiger partial charge < -0.3 is 10.0 Å². The largest absolute Gasteiger partial charge is 0.480 e. The average molecular weight is 229 g/mol. The SMILES string of the molecule is CC(C)C1SC=CN(C(C)C(=O)O)C1=O. The number of carbonyl (C=O) groups is 2. The number of amides is 1. The summed E-state index contributed by atoms with van der Waals surface area (Å²) in [5.74, 6) is -0.897. The van der Waals surface area contributed by atoms with E-state index in [4.69, 9.17) is 5.11 Å². The molecule has 0 aromatic carbocycles. The van der Waals surface area contributed by atoms with Crippen LogP contribution in [-0.2, 0) is 9.59 Å². The average Bonchev–Trinajstić information content (AvgIpc) is 2.16. The molecule has 2 atom stereocenters. The molecule has 84 valence electrons. The maximum Gasteiger partial charge on any atom is 0.326 e. The van der Waals surface area contributed by atoms with Crippen LogP contribution in [0, 0.1) is 5.92 Å². The zero-order valence-electron chi connectivity index (χ0n) is 9.01. The molecule has 1 heterocycles. The Hall–Kier alpha value is -0.970. The molecule has 0 aliphatic carbocycles. The first-order valence-corrected chi connectivity index (χ1v) is 5.76. The van der Waals surface area contributed by atoms with Gasteiger partial charge in [-0.1, -0.05) is 13.8 Å². The molecule has 0 aromatic heterocycles. The molecule has 1 rings (SSSR count). The van der Waals surface area contributed by atoms with Gasteiger partial charge in [-0.25, -0.2) is 4.79 Å². The highest BCUT2D eigenvalue weighted by atomic mass is 32.2. The second kappa shape index (κ2) is 4.70. The third-order valence-corrected chi connectivity index (χ3v) is 3.64. The molecule has 2 unspecified atom stereocenters. The van der Waals surface area contributed by atoms with Crippen molar-refractivity contribution in [3.8, 4) is 0 Å². The van der Waals surface area contributed by atoms with Crippen LogP contribution >= 0.6 is 11.8 Å². The molecule has 0 saturated heterocycles. The van der Waals surface area contributed by atoms with Crippen molar-refractivity contribution in [1.29, 1.82) is 0 Å². The van der Waals surface area contributed by atoms with Gasteiger partial charge >= 0.3 is 5.97 Å². The smallest absolute Gasteiger partial charge is 0.326 e. The Morgan fingerprint density at radius 2 is 2.13 bits per heavy atom. The van der Waals surface area contributed by atoms with E-state index >= 15 is 0 Å². The summed E-state index contributed by atoms with van der Waals surface area (Å²) in [6, 6.07) is -0.795. The first kappa shape index (κ1) is 12.1. The summed E-state index contributed by atoms with van der Waals surface area (Å²) in [7, 11) is 0. The second-order valence-corrected chi connectivity index (χ2v) is 4.90. The molecular weight excluding hydrogens is 214 g/mol. The van der Waals surface area contributed by atoms with Gasteiger partial charge in [-0.3, -0.25) is 4.79 Å². The molecule has 0 aromatic rings. The van der Waals surface area contributed by atoms with Crippen LogP contribution < -0.4 is 0 Å². The van der Waals surface area contributed by atoms with E-state index < -0.39 is 12.0 Å². The van der Waals surface area contributed by atoms with Crippen molar-refractivity contribution in [3.05, 3.63) is 11.6 Å². The predicted octanol–water partition coefficient (Wildman–Crippen LogP) is 1.53. The van der Waals surface area contributed by atoms with Gasteiger partial charge in [0, 0.05) is 6.20 Å². The fourth-order valence-electron chi connectivity index (χ4n) is 1.35. The summed E-state index contributed by atoms with van der Waals surface area (Å²) >= 11 is 1.45. The van der Waals surface area contributed by atoms with Crippen LogP contribution in [0.2, 0.25) is 0 Å². The van der Waals surface area contributed by atoms with Gasteiger partial charge in [-0.15, -0.1) is 11.8 Å². The number of nitrogens with zero attached hydrogens (tertiary/aromatic N) is 1. The lowest BCUT2D eigenvalue weighted by atomic mass is 10.1. The van der Waals surface area contributed by atoms with Crippen LogP contribution in [0.1, 0.15) is 20.8 Å². The molecular formula is C10H15NO3S. The second-order valence-electron chi connectivity index (χ2n) is 3.85. The Morgan fingerprint density at radius 3 is 2.60 bits per heavy atom. The molecule has 0 spiro atoms. The first-order valence-electron chi connectivity index (χ1n) is 4.82. The Labute approximate surface area is 93.3 Å². The monoisotopic (exact) mass is 229 g/mol. The minimum atomic E-state index is -0.984. The Bertz CT molecular complexity index is 301. The van der Waals surface area contributed by atoms with Gasteiger partial charge in [0.25, 0.3) is 0 Å². The zero-order chi connectivity index (χ0) is 11.6. The van der Waals surface area contributed by atoms with Gasteiger partial charge in [0.2, 0.25) is 5.91 Å². The fourth-order valence-corrected chi connectivity index (χ4v) is 2.27. The number of carboxylic acid groups (broad SMARTS) is 1. The van der Waals surface area contributed by atoms with Crippen LogP contribution in [0.5, 0.6) is 0 Å². The molecule has 5 heteroatoms. The van der Waals surface area contributed by atoms with E-state index in [0.717, 1.165) is 0 Å². The summed E-state index contributed by atoms with van der Waals surface area (Å²) in [5.41, 5.74) is 0. The molecule has 15 heavy (non-hydrogen) atoms. The van der Waals surface area contributed by atoms with Crippen LogP contribution in [0.4, 0.5) is 0 Å². The summed E-state index contributed by atoms with van der Waals surface area (Å²) in [6.45, 7) is 5.43. The van der Waals surface area contributed by atoms with Crippen molar-refractivity contribution in [2.75, 3.05) is 0 Å². The van der Waals surface area contributed by atoms with Crippen molar-refractivity contribution in [1.82, 2.24) is 4.90 Å². The van der Waals surface area contributed by atoms with E-state index in [0.29, 0.717) is 0 Å². The Balaban J connectivity index is 2.84. The van der Waals surface area contributed by atoms with E-state index in [1.807, 2.05) is 13.8 Å². The van der Waals surface area contributed by atoms with Crippen molar-refractivity contribution in [3.63, 3.8) is 0 Å². The minimum absolute atomic E-state index is 0.118. The quantitative estimate of drug-likeness (QED) is 0.797. The molecule has 0 saturated carbocycles. The number of aliphatic carboxylic acids is 1. The molecule has 1 N–H and O–H groups in total. The van der Waals surface area contributed by atoms with E-state index in [9.17, 15) is 9.59 Å². The van der Waals surface area contributed by atoms with Crippen LogP contribution in [-0.4, -0.2) is 33.2 Å². The highest BCUT2D eigenvalue weighted by Gasteiger charge is 2.33. The van der Waals surface area contributed by atoms with Gasteiger partial charge in [0.05, 0.1) is 5.25 Å². The molecule has 1 aliphatic rings. The van der Waals surface area contributed by atoms with E-state index in [2.05, 4.69) is 0 Å². The van der Waals surface area contributed by atoms with Gasteiger partial charge in [-0.2, -0.15) is 0 Å². The molecule has 1 aliphatic heterocycles. The number of carbonyl (C=O) groups excluding carboxylic acids is 1. The minimum Gasteiger partial charge on any atom is -0.480 e. The van der Waals surface area contributed by atoms with Gasteiger partial charge in [0.1, 0.15) is 6.04 Å². The maximum absolute atomic E-state index is 11.9. The Kier molecular flexibility index (Phi) is 3.79. The van der Waals surface area contributed by atoms with Crippen molar-refractivity contribution in [2.24, 2.45) is 5.92 Å². The molecule has 4 nitrogen and oxygen atoms in total.